The second-order valence-electron chi connectivity index (χ2n) is 4.86. The van der Waals surface area contributed by atoms with Gasteiger partial charge in [0, 0.05) is 24.2 Å². The predicted molar refractivity (Wildman–Crippen MR) is 86.6 cm³/mol. The maximum atomic E-state index is 5.24. The summed E-state index contributed by atoms with van der Waals surface area (Å²) in [6, 6.07) is 17.1. The molecule has 0 spiro atoms. The van der Waals surface area contributed by atoms with Crippen LogP contribution < -0.4 is 5.32 Å². The quantitative estimate of drug-likeness (QED) is 0.843. The molecule has 2 rings (SSSR count). The molecule has 0 radical (unpaired) electrons. The van der Waals surface area contributed by atoms with E-state index < -0.39 is 0 Å². The van der Waals surface area contributed by atoms with Gasteiger partial charge in [0.25, 0.3) is 0 Å². The third-order valence-corrected chi connectivity index (χ3v) is 3.86. The average Bonchev–Trinajstić information content (AvgIpc) is 2.46. The van der Waals surface area contributed by atoms with E-state index in [-0.39, 0.29) is 0 Å². The lowest BCUT2D eigenvalue weighted by atomic mass is 10.1. The number of hydrogen-bond donors (Lipinski definition) is 1. The first-order valence-corrected chi connectivity index (χ1v) is 7.54. The average molecular weight is 334 g/mol. The highest BCUT2D eigenvalue weighted by Gasteiger charge is 2.07. The van der Waals surface area contributed by atoms with E-state index in [1.54, 1.807) is 7.11 Å². The first-order chi connectivity index (χ1) is 9.70. The van der Waals surface area contributed by atoms with Crippen molar-refractivity contribution >= 4 is 15.9 Å². The van der Waals surface area contributed by atoms with Crippen LogP contribution in [-0.2, 0) is 17.9 Å². The van der Waals surface area contributed by atoms with Crippen molar-refractivity contribution in [3.63, 3.8) is 0 Å². The molecule has 0 saturated carbocycles. The van der Waals surface area contributed by atoms with Crippen molar-refractivity contribution in [1.29, 1.82) is 0 Å². The molecule has 0 aliphatic rings. The largest absolute Gasteiger partial charge is 0.380 e. The van der Waals surface area contributed by atoms with Crippen molar-refractivity contribution in [2.75, 3.05) is 7.11 Å². The predicted octanol–water partition coefficient (Wildman–Crippen LogP) is 4.45. The van der Waals surface area contributed by atoms with Crippen LogP contribution in [-0.4, -0.2) is 7.11 Å². The summed E-state index contributed by atoms with van der Waals surface area (Å²) in [5.74, 6) is 0. The Labute approximate surface area is 129 Å². The first kappa shape index (κ1) is 15.2. The van der Waals surface area contributed by atoms with Crippen molar-refractivity contribution in [3.05, 3.63) is 69.7 Å². The fraction of sp³-hybridized carbons (Fsp3) is 0.294. The molecule has 0 aliphatic heterocycles. The van der Waals surface area contributed by atoms with Gasteiger partial charge in [-0.3, -0.25) is 0 Å². The summed E-state index contributed by atoms with van der Waals surface area (Å²) >= 11 is 3.51. The molecule has 3 heteroatoms. The minimum absolute atomic E-state index is 0.308. The highest BCUT2D eigenvalue weighted by molar-refractivity contribution is 9.10. The van der Waals surface area contributed by atoms with Crippen molar-refractivity contribution in [2.45, 2.75) is 26.1 Å². The van der Waals surface area contributed by atoms with Gasteiger partial charge in [-0.2, -0.15) is 0 Å². The molecule has 2 aromatic rings. The van der Waals surface area contributed by atoms with Crippen molar-refractivity contribution in [1.82, 2.24) is 5.32 Å². The van der Waals surface area contributed by atoms with Gasteiger partial charge in [-0.05, 0) is 35.7 Å². The Morgan fingerprint density at radius 1 is 1.10 bits per heavy atom. The highest BCUT2D eigenvalue weighted by Crippen LogP contribution is 2.19. The number of hydrogen-bond acceptors (Lipinski definition) is 2. The van der Waals surface area contributed by atoms with Gasteiger partial charge in [-0.15, -0.1) is 0 Å². The summed E-state index contributed by atoms with van der Waals surface area (Å²) in [6.07, 6.45) is 0. The molecule has 0 aromatic heterocycles. The number of nitrogens with one attached hydrogen (secondary N) is 1. The lowest BCUT2D eigenvalue weighted by Gasteiger charge is -2.16. The third-order valence-electron chi connectivity index (χ3n) is 3.37. The van der Waals surface area contributed by atoms with Crippen LogP contribution in [0.3, 0.4) is 0 Å². The number of benzene rings is 2. The van der Waals surface area contributed by atoms with Crippen molar-refractivity contribution in [3.8, 4) is 0 Å². The summed E-state index contributed by atoms with van der Waals surface area (Å²) < 4.78 is 6.36. The SMILES string of the molecule is COCc1ccccc1CNC(C)c1cccc(Br)c1. The molecule has 0 bridgehead atoms. The van der Waals surface area contributed by atoms with Gasteiger partial charge in [0.2, 0.25) is 0 Å². The zero-order valence-electron chi connectivity index (χ0n) is 11.9. The zero-order chi connectivity index (χ0) is 14.4. The Morgan fingerprint density at radius 3 is 2.55 bits per heavy atom. The molecule has 1 N–H and O–H groups in total. The minimum atomic E-state index is 0.308. The second kappa shape index (κ2) is 7.58. The summed E-state index contributed by atoms with van der Waals surface area (Å²) in [4.78, 5) is 0. The molecule has 106 valence electrons. The van der Waals surface area contributed by atoms with E-state index in [0.29, 0.717) is 12.6 Å². The van der Waals surface area contributed by atoms with Gasteiger partial charge in [-0.25, -0.2) is 0 Å². The van der Waals surface area contributed by atoms with Gasteiger partial charge in [-0.1, -0.05) is 52.3 Å². The van der Waals surface area contributed by atoms with Crippen LogP contribution in [0.4, 0.5) is 0 Å². The van der Waals surface area contributed by atoms with Crippen LogP contribution in [0.15, 0.2) is 53.0 Å². The number of halogens is 1. The summed E-state index contributed by atoms with van der Waals surface area (Å²) in [5.41, 5.74) is 3.81. The van der Waals surface area contributed by atoms with E-state index in [9.17, 15) is 0 Å². The molecule has 0 aliphatic carbocycles. The Kier molecular flexibility index (Phi) is 5.77. The molecule has 0 saturated heterocycles. The first-order valence-electron chi connectivity index (χ1n) is 6.75. The van der Waals surface area contributed by atoms with Crippen LogP contribution in [0.25, 0.3) is 0 Å². The number of methoxy groups -OCH3 is 1. The maximum Gasteiger partial charge on any atom is 0.0716 e. The monoisotopic (exact) mass is 333 g/mol. The standard InChI is InChI=1S/C17H20BrNO/c1-13(14-8-5-9-17(18)10-14)19-11-15-6-3-4-7-16(15)12-20-2/h3-10,13,19H,11-12H2,1-2H3. The zero-order valence-corrected chi connectivity index (χ0v) is 13.5. The van der Waals surface area contributed by atoms with Crippen LogP contribution in [0.1, 0.15) is 29.7 Å². The van der Waals surface area contributed by atoms with Crippen molar-refractivity contribution in [2.24, 2.45) is 0 Å². The molecular weight excluding hydrogens is 314 g/mol. The Balaban J connectivity index is 2.01. The van der Waals surface area contributed by atoms with Gasteiger partial charge in [0.05, 0.1) is 6.61 Å². The minimum Gasteiger partial charge on any atom is -0.380 e. The van der Waals surface area contributed by atoms with Crippen LogP contribution in [0, 0.1) is 0 Å². The van der Waals surface area contributed by atoms with E-state index in [0.717, 1.165) is 11.0 Å². The lowest BCUT2D eigenvalue weighted by Crippen LogP contribution is -2.19. The Bertz CT molecular complexity index is 556. The van der Waals surface area contributed by atoms with Crippen LogP contribution in [0.2, 0.25) is 0 Å². The highest BCUT2D eigenvalue weighted by atomic mass is 79.9. The third kappa shape index (κ3) is 4.17. The van der Waals surface area contributed by atoms with E-state index >= 15 is 0 Å². The van der Waals surface area contributed by atoms with Gasteiger partial charge in [0.15, 0.2) is 0 Å². The summed E-state index contributed by atoms with van der Waals surface area (Å²) in [5, 5.41) is 3.56. The van der Waals surface area contributed by atoms with Gasteiger partial charge in [0.1, 0.15) is 0 Å². The maximum absolute atomic E-state index is 5.24. The Morgan fingerprint density at radius 2 is 1.85 bits per heavy atom. The molecule has 1 atom stereocenters. The van der Waals surface area contributed by atoms with E-state index in [2.05, 4.69) is 70.6 Å². The second-order valence-corrected chi connectivity index (χ2v) is 5.77. The van der Waals surface area contributed by atoms with Crippen LogP contribution >= 0.6 is 15.9 Å². The molecule has 0 fully saturated rings. The summed E-state index contributed by atoms with van der Waals surface area (Å²) in [6.45, 7) is 3.68. The number of rotatable bonds is 6. The molecule has 0 heterocycles. The molecule has 2 nitrogen and oxygen atoms in total. The molecule has 1 unspecified atom stereocenters. The van der Waals surface area contributed by atoms with E-state index in [1.165, 1.54) is 16.7 Å². The fourth-order valence-electron chi connectivity index (χ4n) is 2.18. The fourth-order valence-corrected chi connectivity index (χ4v) is 2.60. The topological polar surface area (TPSA) is 21.3 Å². The molecular formula is C17H20BrNO. The van der Waals surface area contributed by atoms with Crippen molar-refractivity contribution < 1.29 is 4.74 Å². The molecule has 0 amide bonds. The Hall–Kier alpha value is -1.16. The van der Waals surface area contributed by atoms with Crippen LogP contribution in [0.5, 0.6) is 0 Å². The van der Waals surface area contributed by atoms with E-state index in [1.807, 2.05) is 6.07 Å². The van der Waals surface area contributed by atoms with Gasteiger partial charge < -0.3 is 10.1 Å². The normalized spacial score (nSPS) is 12.3. The summed E-state index contributed by atoms with van der Waals surface area (Å²) in [7, 11) is 1.73. The smallest absolute Gasteiger partial charge is 0.0716 e. The lowest BCUT2D eigenvalue weighted by molar-refractivity contribution is 0.184. The number of ether oxygens (including phenoxy) is 1. The molecule has 2 aromatic carbocycles. The van der Waals surface area contributed by atoms with Gasteiger partial charge >= 0.3 is 0 Å². The van der Waals surface area contributed by atoms with E-state index in [4.69, 9.17) is 4.74 Å². The molecule has 20 heavy (non-hydrogen) atoms.